The van der Waals surface area contributed by atoms with E-state index in [1.54, 1.807) is 0 Å². The van der Waals surface area contributed by atoms with E-state index < -0.39 is 5.41 Å². The fourth-order valence-corrected chi connectivity index (χ4v) is 6.24. The van der Waals surface area contributed by atoms with Crippen molar-refractivity contribution in [1.82, 2.24) is 10.2 Å². The standard InChI is InChI=1S/C30H34N2O/c1-2-30(26-14-8-4-9-15-26,27-16-10-5-11-17-27)29(33)31-28-24-18-19-25(28)22-32(21-24)20-23-12-6-3-7-13-23/h3-17,24-25,28H,2,18-22H2,1H3,(H,31,33). The Hall–Kier alpha value is -2.91. The van der Waals surface area contributed by atoms with Gasteiger partial charge in [-0.25, -0.2) is 0 Å². The highest BCUT2D eigenvalue weighted by molar-refractivity contribution is 5.92. The fraction of sp³-hybridized carbons (Fsp3) is 0.367. The number of hydrogen-bond acceptors (Lipinski definition) is 2. The van der Waals surface area contributed by atoms with Crippen molar-refractivity contribution in [3.63, 3.8) is 0 Å². The molecule has 3 aromatic carbocycles. The summed E-state index contributed by atoms with van der Waals surface area (Å²) in [6, 6.07) is 31.6. The Morgan fingerprint density at radius 1 is 0.818 bits per heavy atom. The molecule has 170 valence electrons. The maximum absolute atomic E-state index is 14.1. The number of nitrogens with one attached hydrogen (secondary N) is 1. The maximum Gasteiger partial charge on any atom is 0.235 e. The van der Waals surface area contributed by atoms with Crippen LogP contribution in [0.2, 0.25) is 0 Å². The Bertz CT molecular complexity index is 997. The molecule has 1 saturated carbocycles. The molecule has 3 aromatic rings. The van der Waals surface area contributed by atoms with Crippen LogP contribution in [0, 0.1) is 11.8 Å². The fourth-order valence-electron chi connectivity index (χ4n) is 6.24. The highest BCUT2D eigenvalue weighted by Crippen LogP contribution is 2.40. The van der Waals surface area contributed by atoms with E-state index >= 15 is 0 Å². The number of benzene rings is 3. The van der Waals surface area contributed by atoms with Crippen LogP contribution in [0.15, 0.2) is 91.0 Å². The van der Waals surface area contributed by atoms with Gasteiger partial charge < -0.3 is 5.32 Å². The van der Waals surface area contributed by atoms with Crippen molar-refractivity contribution < 1.29 is 4.79 Å². The zero-order valence-electron chi connectivity index (χ0n) is 19.5. The minimum absolute atomic E-state index is 0.154. The number of carbonyl (C=O) groups is 1. The van der Waals surface area contributed by atoms with Crippen LogP contribution in [0.4, 0.5) is 0 Å². The first-order chi connectivity index (χ1) is 16.2. The summed E-state index contributed by atoms with van der Waals surface area (Å²) < 4.78 is 0. The van der Waals surface area contributed by atoms with Gasteiger partial charge in [0.15, 0.2) is 0 Å². The second-order valence-electron chi connectivity index (χ2n) is 9.77. The number of carbonyl (C=O) groups excluding carboxylic acids is 1. The van der Waals surface area contributed by atoms with E-state index in [0.717, 1.165) is 37.2 Å². The molecule has 2 bridgehead atoms. The Morgan fingerprint density at radius 2 is 1.30 bits per heavy atom. The molecule has 1 aliphatic heterocycles. The summed E-state index contributed by atoms with van der Waals surface area (Å²) in [5.74, 6) is 1.20. The van der Waals surface area contributed by atoms with E-state index in [4.69, 9.17) is 0 Å². The van der Waals surface area contributed by atoms with Crippen molar-refractivity contribution in [3.05, 3.63) is 108 Å². The van der Waals surface area contributed by atoms with Gasteiger partial charge in [0.25, 0.3) is 0 Å². The summed E-state index contributed by atoms with van der Waals surface area (Å²) in [5.41, 5.74) is 2.86. The van der Waals surface area contributed by atoms with Gasteiger partial charge in [0, 0.05) is 25.7 Å². The molecule has 0 radical (unpaired) electrons. The molecule has 2 fully saturated rings. The van der Waals surface area contributed by atoms with Gasteiger partial charge in [-0.1, -0.05) is 97.9 Å². The first-order valence-corrected chi connectivity index (χ1v) is 12.4. The number of fused-ring (bicyclic) bond motifs is 2. The molecular weight excluding hydrogens is 404 g/mol. The summed E-state index contributed by atoms with van der Waals surface area (Å²) in [6.07, 6.45) is 3.14. The lowest BCUT2D eigenvalue weighted by Gasteiger charge is -2.41. The average molecular weight is 439 g/mol. The smallest absolute Gasteiger partial charge is 0.235 e. The predicted molar refractivity (Wildman–Crippen MR) is 134 cm³/mol. The molecule has 1 N–H and O–H groups in total. The molecule has 3 heteroatoms. The lowest BCUT2D eigenvalue weighted by atomic mass is 9.71. The van der Waals surface area contributed by atoms with Gasteiger partial charge in [0.1, 0.15) is 0 Å². The first kappa shape index (κ1) is 21.9. The van der Waals surface area contributed by atoms with E-state index in [0.29, 0.717) is 11.8 Å². The second-order valence-corrected chi connectivity index (χ2v) is 9.77. The zero-order valence-corrected chi connectivity index (χ0v) is 19.5. The minimum Gasteiger partial charge on any atom is -0.352 e. The van der Waals surface area contributed by atoms with Crippen LogP contribution in [0.1, 0.15) is 42.9 Å². The molecule has 2 unspecified atom stereocenters. The maximum atomic E-state index is 14.1. The van der Waals surface area contributed by atoms with Crippen molar-refractivity contribution in [2.24, 2.45) is 11.8 Å². The molecule has 0 aromatic heterocycles. The molecule has 5 rings (SSSR count). The summed E-state index contributed by atoms with van der Waals surface area (Å²) in [5, 5.41) is 3.59. The number of piperidine rings is 1. The molecule has 1 amide bonds. The molecule has 2 atom stereocenters. The molecule has 1 heterocycles. The molecule has 2 aliphatic rings. The molecule has 1 aliphatic carbocycles. The largest absolute Gasteiger partial charge is 0.352 e. The van der Waals surface area contributed by atoms with Gasteiger partial charge in [-0.2, -0.15) is 0 Å². The van der Waals surface area contributed by atoms with Crippen molar-refractivity contribution in [2.45, 2.75) is 44.2 Å². The van der Waals surface area contributed by atoms with Gasteiger partial charge in [0.2, 0.25) is 5.91 Å². The number of amides is 1. The van der Waals surface area contributed by atoms with Crippen LogP contribution in [-0.4, -0.2) is 29.9 Å². The topological polar surface area (TPSA) is 32.3 Å². The van der Waals surface area contributed by atoms with Gasteiger partial charge in [-0.15, -0.1) is 0 Å². The highest BCUT2D eigenvalue weighted by atomic mass is 16.2. The number of likely N-dealkylation sites (tertiary alicyclic amines) is 1. The van der Waals surface area contributed by atoms with Crippen molar-refractivity contribution in [3.8, 4) is 0 Å². The lowest BCUT2D eigenvalue weighted by Crippen LogP contribution is -2.56. The van der Waals surface area contributed by atoms with Crippen LogP contribution < -0.4 is 5.32 Å². The molecule has 1 saturated heterocycles. The average Bonchev–Trinajstić information content (AvgIpc) is 3.09. The third-order valence-electron chi connectivity index (χ3n) is 7.91. The molecule has 33 heavy (non-hydrogen) atoms. The van der Waals surface area contributed by atoms with E-state index in [1.165, 1.54) is 18.4 Å². The van der Waals surface area contributed by atoms with Crippen LogP contribution >= 0.6 is 0 Å². The summed E-state index contributed by atoms with van der Waals surface area (Å²) in [4.78, 5) is 16.7. The third-order valence-corrected chi connectivity index (χ3v) is 7.91. The highest BCUT2D eigenvalue weighted by Gasteiger charge is 2.47. The SMILES string of the molecule is CCC(C(=O)NC1C2CCC1CN(Cc1ccccc1)C2)(c1ccccc1)c1ccccc1. The van der Waals surface area contributed by atoms with Gasteiger partial charge in [-0.05, 0) is 47.8 Å². The number of nitrogens with zero attached hydrogens (tertiary/aromatic N) is 1. The van der Waals surface area contributed by atoms with E-state index in [9.17, 15) is 4.79 Å². The number of rotatable bonds is 7. The minimum atomic E-state index is -0.664. The molecule has 0 spiro atoms. The Morgan fingerprint density at radius 3 is 1.79 bits per heavy atom. The van der Waals surface area contributed by atoms with Crippen LogP contribution in [0.3, 0.4) is 0 Å². The van der Waals surface area contributed by atoms with Crippen molar-refractivity contribution in [1.29, 1.82) is 0 Å². The van der Waals surface area contributed by atoms with E-state index in [2.05, 4.69) is 71.7 Å². The number of hydrogen-bond donors (Lipinski definition) is 1. The Kier molecular flexibility index (Phi) is 6.32. The third kappa shape index (κ3) is 4.22. The van der Waals surface area contributed by atoms with Crippen LogP contribution in [0.25, 0.3) is 0 Å². The Labute approximate surface area is 197 Å². The first-order valence-electron chi connectivity index (χ1n) is 12.4. The predicted octanol–water partition coefficient (Wildman–Crippen LogP) is 5.41. The Balaban J connectivity index is 1.37. The second kappa shape index (κ2) is 9.52. The lowest BCUT2D eigenvalue weighted by molar-refractivity contribution is -0.127. The van der Waals surface area contributed by atoms with Crippen LogP contribution in [0.5, 0.6) is 0 Å². The zero-order chi connectivity index (χ0) is 22.7. The van der Waals surface area contributed by atoms with E-state index in [1.807, 2.05) is 36.4 Å². The van der Waals surface area contributed by atoms with Crippen molar-refractivity contribution >= 4 is 5.91 Å². The summed E-state index contributed by atoms with van der Waals surface area (Å²) >= 11 is 0. The van der Waals surface area contributed by atoms with Crippen molar-refractivity contribution in [2.75, 3.05) is 13.1 Å². The quantitative estimate of drug-likeness (QED) is 0.535. The molecule has 3 nitrogen and oxygen atoms in total. The van der Waals surface area contributed by atoms with Gasteiger partial charge in [0.05, 0.1) is 5.41 Å². The van der Waals surface area contributed by atoms with Crippen LogP contribution in [-0.2, 0) is 16.8 Å². The van der Waals surface area contributed by atoms with Gasteiger partial charge in [-0.3, -0.25) is 9.69 Å². The normalized spacial score (nSPS) is 22.8. The van der Waals surface area contributed by atoms with E-state index in [-0.39, 0.29) is 11.9 Å². The summed E-state index contributed by atoms with van der Waals surface area (Å²) in [6.45, 7) is 5.26. The monoisotopic (exact) mass is 438 g/mol. The molecular formula is C30H34N2O. The van der Waals surface area contributed by atoms with Gasteiger partial charge >= 0.3 is 0 Å². The summed E-state index contributed by atoms with van der Waals surface area (Å²) in [7, 11) is 0.